The highest BCUT2D eigenvalue weighted by molar-refractivity contribution is 7.89. The summed E-state index contributed by atoms with van der Waals surface area (Å²) in [6, 6.07) is 2.33. The first-order valence-corrected chi connectivity index (χ1v) is 9.67. The molecule has 0 atom stereocenters. The molecule has 2 aliphatic rings. The monoisotopic (exact) mass is 369 g/mol. The lowest BCUT2D eigenvalue weighted by molar-refractivity contribution is 0.286. The maximum absolute atomic E-state index is 13.3. The van der Waals surface area contributed by atoms with Crippen LogP contribution in [0.25, 0.3) is 0 Å². The van der Waals surface area contributed by atoms with Crippen molar-refractivity contribution >= 4 is 10.0 Å². The molecule has 2 aromatic rings. The molecular weight excluding hydrogens is 352 g/mol. The summed E-state index contributed by atoms with van der Waals surface area (Å²) >= 11 is 0. The van der Waals surface area contributed by atoms with Gasteiger partial charge in [-0.05, 0) is 37.8 Å². The first kappa shape index (κ1) is 16.6. The number of hydrogen-bond acceptors (Lipinski definition) is 5. The SMILES string of the molecule is O=S(=O)(c1cc(F)cc(F)c1)N1CCC(c2nnc(C3CC3)o2)CC1. The van der Waals surface area contributed by atoms with Crippen LogP contribution in [0.1, 0.15) is 49.3 Å². The number of piperidine rings is 1. The second-order valence-electron chi connectivity index (χ2n) is 6.54. The molecule has 4 rings (SSSR count). The number of halogens is 2. The Hall–Kier alpha value is -1.87. The predicted octanol–water partition coefficient (Wildman–Crippen LogP) is 2.79. The Morgan fingerprint density at radius 1 is 0.920 bits per heavy atom. The maximum atomic E-state index is 13.3. The Balaban J connectivity index is 1.46. The topological polar surface area (TPSA) is 76.3 Å². The average Bonchev–Trinajstić information content (AvgIpc) is 3.31. The third-order valence-electron chi connectivity index (χ3n) is 4.66. The van der Waals surface area contributed by atoms with E-state index >= 15 is 0 Å². The Bertz CT molecular complexity index is 868. The van der Waals surface area contributed by atoms with Crippen molar-refractivity contribution in [3.8, 4) is 0 Å². The van der Waals surface area contributed by atoms with Gasteiger partial charge < -0.3 is 4.42 Å². The number of nitrogens with zero attached hydrogens (tertiary/aromatic N) is 3. The van der Waals surface area contributed by atoms with Crippen molar-refractivity contribution in [3.63, 3.8) is 0 Å². The standard InChI is InChI=1S/C16H17F2N3O3S/c17-12-7-13(18)9-14(8-12)25(22,23)21-5-3-11(4-6-21)16-20-19-15(24-16)10-1-2-10/h7-11H,1-6H2. The molecule has 134 valence electrons. The van der Waals surface area contributed by atoms with Crippen molar-refractivity contribution in [2.45, 2.75) is 42.4 Å². The van der Waals surface area contributed by atoms with Gasteiger partial charge >= 0.3 is 0 Å². The minimum absolute atomic E-state index is 0.00990. The fourth-order valence-electron chi connectivity index (χ4n) is 3.08. The zero-order chi connectivity index (χ0) is 17.6. The summed E-state index contributed by atoms with van der Waals surface area (Å²) in [7, 11) is -3.92. The molecule has 1 saturated carbocycles. The van der Waals surface area contributed by atoms with Crippen LogP contribution in [0.5, 0.6) is 0 Å². The van der Waals surface area contributed by atoms with Gasteiger partial charge in [-0.1, -0.05) is 0 Å². The van der Waals surface area contributed by atoms with Crippen LogP contribution in [0, 0.1) is 11.6 Å². The summed E-state index contributed by atoms with van der Waals surface area (Å²) < 4.78 is 58.8. The summed E-state index contributed by atoms with van der Waals surface area (Å²) in [5.74, 6) is -0.213. The van der Waals surface area contributed by atoms with Gasteiger partial charge in [-0.25, -0.2) is 17.2 Å². The molecule has 0 spiro atoms. The lowest BCUT2D eigenvalue weighted by Crippen LogP contribution is -2.38. The van der Waals surface area contributed by atoms with Crippen LogP contribution in [0.4, 0.5) is 8.78 Å². The van der Waals surface area contributed by atoms with Crippen LogP contribution < -0.4 is 0 Å². The molecule has 9 heteroatoms. The van der Waals surface area contributed by atoms with Gasteiger partial charge in [0.1, 0.15) is 11.6 Å². The minimum Gasteiger partial charge on any atom is -0.425 e. The average molecular weight is 369 g/mol. The fraction of sp³-hybridized carbons (Fsp3) is 0.500. The van der Waals surface area contributed by atoms with E-state index in [0.717, 1.165) is 25.0 Å². The van der Waals surface area contributed by atoms with E-state index < -0.39 is 21.7 Å². The fourth-order valence-corrected chi connectivity index (χ4v) is 4.59. The van der Waals surface area contributed by atoms with Crippen LogP contribution in [-0.4, -0.2) is 36.0 Å². The molecule has 25 heavy (non-hydrogen) atoms. The van der Waals surface area contributed by atoms with Crippen molar-refractivity contribution in [3.05, 3.63) is 41.6 Å². The highest BCUT2D eigenvalue weighted by atomic mass is 32.2. The maximum Gasteiger partial charge on any atom is 0.243 e. The van der Waals surface area contributed by atoms with Crippen LogP contribution >= 0.6 is 0 Å². The highest BCUT2D eigenvalue weighted by Crippen LogP contribution is 2.40. The van der Waals surface area contributed by atoms with E-state index in [1.54, 1.807) is 0 Å². The number of hydrogen-bond donors (Lipinski definition) is 0. The van der Waals surface area contributed by atoms with Gasteiger partial charge in [0.25, 0.3) is 0 Å². The quantitative estimate of drug-likeness (QED) is 0.828. The Kier molecular flexibility index (Phi) is 4.07. The zero-order valence-electron chi connectivity index (χ0n) is 13.4. The van der Waals surface area contributed by atoms with E-state index in [9.17, 15) is 17.2 Å². The largest absolute Gasteiger partial charge is 0.425 e. The van der Waals surface area contributed by atoms with E-state index in [1.165, 1.54) is 4.31 Å². The third kappa shape index (κ3) is 3.30. The molecule has 6 nitrogen and oxygen atoms in total. The smallest absolute Gasteiger partial charge is 0.243 e. The lowest BCUT2D eigenvalue weighted by atomic mass is 9.98. The normalized spacial score (nSPS) is 20.1. The molecule has 0 bridgehead atoms. The molecule has 0 unspecified atom stereocenters. The molecule has 2 heterocycles. The van der Waals surface area contributed by atoms with Crippen LogP contribution in [0.3, 0.4) is 0 Å². The van der Waals surface area contributed by atoms with Crippen LogP contribution in [0.2, 0.25) is 0 Å². The summed E-state index contributed by atoms with van der Waals surface area (Å²) in [6.45, 7) is 0.485. The second-order valence-corrected chi connectivity index (χ2v) is 8.47. The van der Waals surface area contributed by atoms with Gasteiger partial charge in [0.05, 0.1) is 4.90 Å². The van der Waals surface area contributed by atoms with Crippen molar-refractivity contribution in [2.24, 2.45) is 0 Å². The molecule has 1 aromatic heterocycles. The van der Waals surface area contributed by atoms with Gasteiger partial charge in [0.15, 0.2) is 0 Å². The van der Waals surface area contributed by atoms with Crippen molar-refractivity contribution in [1.82, 2.24) is 14.5 Å². The van der Waals surface area contributed by atoms with E-state index in [4.69, 9.17) is 4.42 Å². The van der Waals surface area contributed by atoms with E-state index in [2.05, 4.69) is 10.2 Å². The van der Waals surface area contributed by atoms with Crippen molar-refractivity contribution in [2.75, 3.05) is 13.1 Å². The molecule has 1 aliphatic carbocycles. The highest BCUT2D eigenvalue weighted by Gasteiger charge is 2.34. The summed E-state index contributed by atoms with van der Waals surface area (Å²) in [5, 5.41) is 8.14. The summed E-state index contributed by atoms with van der Waals surface area (Å²) in [4.78, 5) is -0.364. The number of sulfonamides is 1. The van der Waals surface area contributed by atoms with Crippen LogP contribution in [-0.2, 0) is 10.0 Å². The minimum atomic E-state index is -3.92. The first-order valence-electron chi connectivity index (χ1n) is 8.23. The Labute approximate surface area is 143 Å². The molecule has 1 aromatic carbocycles. The Morgan fingerprint density at radius 3 is 1.96 bits per heavy atom. The van der Waals surface area contributed by atoms with E-state index in [1.807, 2.05) is 0 Å². The van der Waals surface area contributed by atoms with Crippen molar-refractivity contribution in [1.29, 1.82) is 0 Å². The number of benzene rings is 1. The predicted molar refractivity (Wildman–Crippen MR) is 83.4 cm³/mol. The third-order valence-corrected chi connectivity index (χ3v) is 6.54. The number of aromatic nitrogens is 2. The van der Waals surface area contributed by atoms with Gasteiger partial charge in [-0.2, -0.15) is 4.31 Å². The zero-order valence-corrected chi connectivity index (χ0v) is 14.2. The molecular formula is C16H17F2N3O3S. The molecule has 1 saturated heterocycles. The number of rotatable bonds is 4. The second kappa shape index (κ2) is 6.14. The molecule has 0 amide bonds. The lowest BCUT2D eigenvalue weighted by Gasteiger charge is -2.29. The summed E-state index contributed by atoms with van der Waals surface area (Å²) in [5.41, 5.74) is 0. The molecule has 2 fully saturated rings. The van der Waals surface area contributed by atoms with E-state index in [-0.39, 0.29) is 23.9 Å². The van der Waals surface area contributed by atoms with Gasteiger partial charge in [-0.3, -0.25) is 0 Å². The molecule has 1 aliphatic heterocycles. The van der Waals surface area contributed by atoms with Gasteiger partial charge in [0.2, 0.25) is 21.8 Å². The first-order chi connectivity index (χ1) is 11.9. The molecule has 0 N–H and O–H groups in total. The van der Waals surface area contributed by atoms with Crippen LogP contribution in [0.15, 0.2) is 27.5 Å². The van der Waals surface area contributed by atoms with Gasteiger partial charge in [0, 0.05) is 31.0 Å². The Morgan fingerprint density at radius 2 is 1.44 bits per heavy atom. The van der Waals surface area contributed by atoms with E-state index in [0.29, 0.717) is 36.6 Å². The molecule has 0 radical (unpaired) electrons. The van der Waals surface area contributed by atoms with Gasteiger partial charge in [-0.15, -0.1) is 10.2 Å². The summed E-state index contributed by atoms with van der Waals surface area (Å²) in [6.07, 6.45) is 3.21. The van der Waals surface area contributed by atoms with Crippen molar-refractivity contribution < 1.29 is 21.6 Å².